The highest BCUT2D eigenvalue weighted by molar-refractivity contribution is 6.06. The molecule has 0 saturated carbocycles. The fourth-order valence-corrected chi connectivity index (χ4v) is 2.59. The Kier molecular flexibility index (Phi) is 3.42. The van der Waals surface area contributed by atoms with Gasteiger partial charge in [-0.2, -0.15) is 0 Å². The van der Waals surface area contributed by atoms with Gasteiger partial charge in [-0.15, -0.1) is 0 Å². The van der Waals surface area contributed by atoms with Crippen molar-refractivity contribution in [3.63, 3.8) is 0 Å². The summed E-state index contributed by atoms with van der Waals surface area (Å²) in [6.07, 6.45) is -3.04. The van der Waals surface area contributed by atoms with Crippen LogP contribution in [0.5, 0.6) is 34.5 Å². The lowest BCUT2D eigenvalue weighted by molar-refractivity contribution is 0.0208. The van der Waals surface area contributed by atoms with E-state index < -0.39 is 41.0 Å². The molecule has 24 heavy (non-hydrogen) atoms. The average Bonchev–Trinajstić information content (AvgIpc) is 2.53. The smallest absolute Gasteiger partial charge is 0.202 e. The summed E-state index contributed by atoms with van der Waals surface area (Å²) in [5.74, 6) is -3.85. The van der Waals surface area contributed by atoms with Crippen molar-refractivity contribution in [3.05, 3.63) is 34.9 Å². The molecule has 1 aliphatic heterocycles. The molecule has 0 radical (unpaired) electrons. The van der Waals surface area contributed by atoms with Gasteiger partial charge >= 0.3 is 0 Å². The predicted molar refractivity (Wildman–Crippen MR) is 79.7 cm³/mol. The Morgan fingerprint density at radius 2 is 1.50 bits per heavy atom. The number of phenolic OH excluding ortho intramolecular Hbond substituents is 5. The molecule has 2 aromatic carbocycles. The number of benzene rings is 2. The number of carbonyl (C=O) groups excluding carboxylic acids is 1. The van der Waals surface area contributed by atoms with Gasteiger partial charge in [0.05, 0.1) is 0 Å². The first-order chi connectivity index (χ1) is 11.2. The van der Waals surface area contributed by atoms with Crippen molar-refractivity contribution < 1.29 is 40.2 Å². The van der Waals surface area contributed by atoms with Gasteiger partial charge in [0, 0.05) is 17.2 Å². The summed E-state index contributed by atoms with van der Waals surface area (Å²) in [5, 5.41) is 58.5. The number of carbonyl (C=O) groups is 1. The molecule has 1 aliphatic rings. The van der Waals surface area contributed by atoms with Crippen LogP contribution in [0.1, 0.15) is 27.6 Å². The molecule has 1 heterocycles. The lowest BCUT2D eigenvalue weighted by Crippen LogP contribution is -2.36. The fourth-order valence-electron chi connectivity index (χ4n) is 2.59. The molecule has 2 aromatic rings. The molecular formula is C16H14O8. The summed E-state index contributed by atoms with van der Waals surface area (Å²) < 4.78 is 5.47. The second-order valence-electron chi connectivity index (χ2n) is 5.50. The second-order valence-corrected chi connectivity index (χ2v) is 5.50. The number of rotatable bonds is 1. The molecule has 3 rings (SSSR count). The van der Waals surface area contributed by atoms with Crippen molar-refractivity contribution in [1.29, 1.82) is 0 Å². The summed E-state index contributed by atoms with van der Waals surface area (Å²) in [5.41, 5.74) is -0.175. The Morgan fingerprint density at radius 3 is 2.08 bits per heavy atom. The van der Waals surface area contributed by atoms with E-state index >= 15 is 0 Å². The van der Waals surface area contributed by atoms with E-state index in [1.54, 1.807) is 0 Å². The minimum atomic E-state index is -1.73. The SMILES string of the molecule is Cc1c(O)cc2c(c1O)C(=O)C(O)C(c1cc(O)c(O)c(O)c1)O2. The number of Topliss-reactive ketones (excluding diaryl/α,β-unsaturated/α-hetero) is 1. The fraction of sp³-hybridized carbons (Fsp3) is 0.188. The zero-order chi connectivity index (χ0) is 17.8. The number of ketones is 1. The van der Waals surface area contributed by atoms with Crippen LogP contribution in [0, 0.1) is 6.92 Å². The van der Waals surface area contributed by atoms with Crippen LogP contribution in [0.2, 0.25) is 0 Å². The third-order valence-corrected chi connectivity index (χ3v) is 3.97. The number of hydrogen-bond acceptors (Lipinski definition) is 8. The number of aromatic hydroxyl groups is 5. The van der Waals surface area contributed by atoms with Crippen molar-refractivity contribution in [3.8, 4) is 34.5 Å². The van der Waals surface area contributed by atoms with Crippen LogP contribution in [0.15, 0.2) is 18.2 Å². The van der Waals surface area contributed by atoms with Crippen molar-refractivity contribution in [2.24, 2.45) is 0 Å². The third-order valence-electron chi connectivity index (χ3n) is 3.97. The molecule has 2 atom stereocenters. The van der Waals surface area contributed by atoms with Gasteiger partial charge in [0.25, 0.3) is 0 Å². The maximum absolute atomic E-state index is 12.4. The van der Waals surface area contributed by atoms with Crippen molar-refractivity contribution in [2.75, 3.05) is 0 Å². The van der Waals surface area contributed by atoms with Crippen LogP contribution in [0.4, 0.5) is 0 Å². The van der Waals surface area contributed by atoms with E-state index in [1.807, 2.05) is 0 Å². The summed E-state index contributed by atoms with van der Waals surface area (Å²) in [6.45, 7) is 1.40. The Balaban J connectivity index is 2.13. The van der Waals surface area contributed by atoms with Gasteiger partial charge < -0.3 is 35.4 Å². The minimum absolute atomic E-state index is 0.0221. The maximum Gasteiger partial charge on any atom is 0.202 e. The summed E-state index contributed by atoms with van der Waals surface area (Å²) in [7, 11) is 0. The average molecular weight is 334 g/mol. The van der Waals surface area contributed by atoms with E-state index in [4.69, 9.17) is 4.74 Å². The Bertz CT molecular complexity index is 835. The number of fused-ring (bicyclic) bond motifs is 1. The zero-order valence-corrected chi connectivity index (χ0v) is 12.4. The van der Waals surface area contributed by atoms with E-state index in [9.17, 15) is 35.4 Å². The molecule has 8 nitrogen and oxygen atoms in total. The molecule has 0 aromatic heterocycles. The first kappa shape index (κ1) is 15.8. The van der Waals surface area contributed by atoms with E-state index in [1.165, 1.54) is 6.92 Å². The number of phenols is 5. The van der Waals surface area contributed by atoms with E-state index in [0.717, 1.165) is 18.2 Å². The van der Waals surface area contributed by atoms with Crippen molar-refractivity contribution >= 4 is 5.78 Å². The molecule has 0 aliphatic carbocycles. The first-order valence-corrected chi connectivity index (χ1v) is 6.91. The Labute approximate surface area is 135 Å². The lowest BCUT2D eigenvalue weighted by atomic mass is 9.91. The van der Waals surface area contributed by atoms with Crippen LogP contribution < -0.4 is 4.74 Å². The van der Waals surface area contributed by atoms with Gasteiger partial charge in [-0.1, -0.05) is 0 Å². The molecule has 2 unspecified atom stereocenters. The van der Waals surface area contributed by atoms with E-state index in [-0.39, 0.29) is 28.2 Å². The van der Waals surface area contributed by atoms with E-state index in [0.29, 0.717) is 0 Å². The molecule has 0 amide bonds. The second kappa shape index (κ2) is 5.20. The normalized spacial score (nSPS) is 19.7. The van der Waals surface area contributed by atoms with E-state index in [2.05, 4.69) is 0 Å². The standard InChI is InChI=1S/C16H14O8/c1-5-7(17)4-10-11(12(5)20)14(22)15(23)16(24-10)6-2-8(18)13(21)9(19)3-6/h2-4,15-21,23H,1H3. The van der Waals surface area contributed by atoms with Crippen LogP contribution in [0.25, 0.3) is 0 Å². The largest absolute Gasteiger partial charge is 0.507 e. The van der Waals surface area contributed by atoms with Gasteiger partial charge in [0.15, 0.2) is 29.5 Å². The van der Waals surface area contributed by atoms with Crippen LogP contribution in [0.3, 0.4) is 0 Å². The van der Waals surface area contributed by atoms with Crippen molar-refractivity contribution in [1.82, 2.24) is 0 Å². The molecule has 6 N–H and O–H groups in total. The topological polar surface area (TPSA) is 148 Å². The van der Waals surface area contributed by atoms with Gasteiger partial charge in [0.1, 0.15) is 22.8 Å². The van der Waals surface area contributed by atoms with Crippen molar-refractivity contribution in [2.45, 2.75) is 19.1 Å². The molecule has 126 valence electrons. The highest BCUT2D eigenvalue weighted by atomic mass is 16.5. The summed E-state index contributed by atoms with van der Waals surface area (Å²) >= 11 is 0. The highest BCUT2D eigenvalue weighted by Gasteiger charge is 2.40. The molecule has 0 fully saturated rings. The van der Waals surface area contributed by atoms with Gasteiger partial charge in [-0.05, 0) is 19.1 Å². The Morgan fingerprint density at radius 1 is 0.917 bits per heavy atom. The third kappa shape index (κ3) is 2.16. The number of aliphatic hydroxyl groups excluding tert-OH is 1. The van der Waals surface area contributed by atoms with Gasteiger partial charge in [-0.25, -0.2) is 0 Å². The molecule has 0 spiro atoms. The number of hydrogen-bond donors (Lipinski definition) is 6. The molecular weight excluding hydrogens is 320 g/mol. The molecule has 0 saturated heterocycles. The number of ether oxygens (including phenoxy) is 1. The lowest BCUT2D eigenvalue weighted by Gasteiger charge is -2.30. The number of aliphatic hydroxyl groups is 1. The zero-order valence-electron chi connectivity index (χ0n) is 12.4. The van der Waals surface area contributed by atoms with Gasteiger partial charge in [0.2, 0.25) is 5.78 Å². The van der Waals surface area contributed by atoms with Gasteiger partial charge in [-0.3, -0.25) is 4.79 Å². The first-order valence-electron chi connectivity index (χ1n) is 6.91. The van der Waals surface area contributed by atoms with Crippen LogP contribution in [-0.4, -0.2) is 42.5 Å². The predicted octanol–water partition coefficient (Wildman–Crippen LogP) is 1.20. The summed E-state index contributed by atoms with van der Waals surface area (Å²) in [6, 6.07) is 3.17. The molecule has 0 bridgehead atoms. The highest BCUT2D eigenvalue weighted by Crippen LogP contribution is 2.46. The van der Waals surface area contributed by atoms with Crippen LogP contribution >= 0.6 is 0 Å². The van der Waals surface area contributed by atoms with Crippen LogP contribution in [-0.2, 0) is 0 Å². The monoisotopic (exact) mass is 334 g/mol. The minimum Gasteiger partial charge on any atom is -0.507 e. The molecule has 8 heteroatoms. The maximum atomic E-state index is 12.4. The Hall–Kier alpha value is -3.13. The quantitative estimate of drug-likeness (QED) is 0.426. The summed E-state index contributed by atoms with van der Waals surface area (Å²) in [4.78, 5) is 12.4.